The molecular weight excluding hydrogens is 617 g/mol. The summed E-state index contributed by atoms with van der Waals surface area (Å²) in [6.07, 6.45) is 0. The lowest BCUT2D eigenvalue weighted by molar-refractivity contribution is 0.620. The van der Waals surface area contributed by atoms with Gasteiger partial charge in [0.1, 0.15) is 5.58 Å². The van der Waals surface area contributed by atoms with Crippen molar-refractivity contribution in [3.63, 3.8) is 0 Å². The zero-order valence-electron chi connectivity index (χ0n) is 26.6. The van der Waals surface area contributed by atoms with Crippen molar-refractivity contribution in [3.8, 4) is 56.7 Å². The third-order valence-corrected chi connectivity index (χ3v) is 9.15. The molecule has 234 valence electrons. The van der Waals surface area contributed by atoms with Gasteiger partial charge in [0.2, 0.25) is 5.89 Å². The molecule has 0 fully saturated rings. The topological polar surface area (TPSA) is 77.8 Å². The summed E-state index contributed by atoms with van der Waals surface area (Å²) in [4.78, 5) is 19.6. The van der Waals surface area contributed by atoms with Crippen LogP contribution in [0.2, 0.25) is 0 Å². The molecule has 0 radical (unpaired) electrons. The second-order valence-corrected chi connectivity index (χ2v) is 12.3. The molecule has 10 rings (SSSR count). The summed E-state index contributed by atoms with van der Waals surface area (Å²) in [5.41, 5.74) is 8.80. The number of nitrogens with zero attached hydrogens (tertiary/aromatic N) is 4. The van der Waals surface area contributed by atoms with Crippen LogP contribution < -0.4 is 0 Å². The maximum Gasteiger partial charge on any atom is 0.227 e. The molecule has 0 N–H and O–H groups in total. The average molecular weight is 643 g/mol. The second-order valence-electron chi connectivity index (χ2n) is 12.3. The molecule has 6 nitrogen and oxygen atoms in total. The molecule has 0 unspecified atom stereocenters. The zero-order valence-corrected chi connectivity index (χ0v) is 26.6. The van der Waals surface area contributed by atoms with Gasteiger partial charge in [0.05, 0.1) is 0 Å². The Morgan fingerprint density at radius 2 is 0.920 bits per heavy atom. The molecule has 0 saturated heterocycles. The number of rotatable bonds is 5. The number of hydrogen-bond acceptors (Lipinski definition) is 6. The molecule has 0 spiro atoms. The van der Waals surface area contributed by atoms with Crippen LogP contribution in [0.15, 0.2) is 167 Å². The third-order valence-electron chi connectivity index (χ3n) is 9.15. The number of benzene rings is 7. The van der Waals surface area contributed by atoms with Crippen LogP contribution in [0.25, 0.3) is 101 Å². The van der Waals surface area contributed by atoms with Crippen LogP contribution in [0.5, 0.6) is 0 Å². The first-order valence-corrected chi connectivity index (χ1v) is 16.5. The van der Waals surface area contributed by atoms with E-state index in [-0.39, 0.29) is 0 Å². The first kappa shape index (κ1) is 28.1. The van der Waals surface area contributed by atoms with E-state index in [9.17, 15) is 0 Å². The lowest BCUT2D eigenvalue weighted by atomic mass is 9.97. The van der Waals surface area contributed by atoms with E-state index in [4.69, 9.17) is 28.8 Å². The Kier molecular flexibility index (Phi) is 6.39. The fraction of sp³-hybridized carbons (Fsp3) is 0. The summed E-state index contributed by atoms with van der Waals surface area (Å²) < 4.78 is 12.6. The van der Waals surface area contributed by atoms with Gasteiger partial charge in [-0.3, -0.25) is 0 Å². The minimum absolute atomic E-state index is 0.575. The van der Waals surface area contributed by atoms with E-state index in [1.54, 1.807) is 0 Å². The van der Waals surface area contributed by atoms with E-state index in [1.165, 1.54) is 0 Å². The molecular formula is C44H26N4O2. The fourth-order valence-corrected chi connectivity index (χ4v) is 6.70. The smallest absolute Gasteiger partial charge is 0.227 e. The summed E-state index contributed by atoms with van der Waals surface area (Å²) in [6.45, 7) is 0. The number of aromatic nitrogens is 4. The van der Waals surface area contributed by atoms with E-state index in [0.29, 0.717) is 28.9 Å². The number of hydrogen-bond donors (Lipinski definition) is 0. The van der Waals surface area contributed by atoms with E-state index >= 15 is 0 Å². The van der Waals surface area contributed by atoms with E-state index in [2.05, 4.69) is 54.6 Å². The van der Waals surface area contributed by atoms with Crippen molar-refractivity contribution < 1.29 is 8.83 Å². The predicted molar refractivity (Wildman–Crippen MR) is 199 cm³/mol. The molecule has 0 atom stereocenters. The van der Waals surface area contributed by atoms with Crippen LogP contribution in [0.4, 0.5) is 0 Å². The number of furan rings is 1. The van der Waals surface area contributed by atoms with Crippen molar-refractivity contribution in [2.75, 3.05) is 0 Å². The first-order chi connectivity index (χ1) is 24.7. The van der Waals surface area contributed by atoms with Crippen LogP contribution in [0, 0.1) is 0 Å². The highest BCUT2D eigenvalue weighted by Gasteiger charge is 2.18. The molecule has 0 saturated carbocycles. The Bertz CT molecular complexity index is 2800. The monoisotopic (exact) mass is 642 g/mol. The van der Waals surface area contributed by atoms with Gasteiger partial charge in [-0.25, -0.2) is 19.9 Å². The van der Waals surface area contributed by atoms with Gasteiger partial charge in [0.15, 0.2) is 34.2 Å². The Morgan fingerprint density at radius 1 is 0.360 bits per heavy atom. The third kappa shape index (κ3) is 4.73. The first-order valence-electron chi connectivity index (χ1n) is 16.5. The zero-order chi connectivity index (χ0) is 33.0. The van der Waals surface area contributed by atoms with Crippen LogP contribution in [0.1, 0.15) is 0 Å². The van der Waals surface area contributed by atoms with Crippen molar-refractivity contribution in [3.05, 3.63) is 158 Å². The van der Waals surface area contributed by atoms with Crippen LogP contribution >= 0.6 is 0 Å². The van der Waals surface area contributed by atoms with Gasteiger partial charge >= 0.3 is 0 Å². The normalized spacial score (nSPS) is 11.6. The minimum atomic E-state index is 0.575. The highest BCUT2D eigenvalue weighted by Crippen LogP contribution is 2.40. The van der Waals surface area contributed by atoms with Crippen LogP contribution in [-0.4, -0.2) is 19.9 Å². The lowest BCUT2D eigenvalue weighted by Gasteiger charge is -2.10. The molecule has 0 aliphatic rings. The highest BCUT2D eigenvalue weighted by atomic mass is 16.4. The molecule has 0 aliphatic heterocycles. The van der Waals surface area contributed by atoms with E-state index in [1.807, 2.05) is 103 Å². The molecule has 0 amide bonds. The van der Waals surface area contributed by atoms with Gasteiger partial charge in [0, 0.05) is 33.0 Å². The second kappa shape index (κ2) is 11.4. The van der Waals surface area contributed by atoms with Crippen molar-refractivity contribution in [2.45, 2.75) is 0 Å². The Morgan fingerprint density at radius 3 is 1.62 bits per heavy atom. The van der Waals surface area contributed by atoms with Gasteiger partial charge in [-0.15, -0.1) is 0 Å². The van der Waals surface area contributed by atoms with Crippen LogP contribution in [-0.2, 0) is 0 Å². The van der Waals surface area contributed by atoms with Crippen LogP contribution in [0.3, 0.4) is 0 Å². The number of fused-ring (bicyclic) bond motifs is 7. The van der Waals surface area contributed by atoms with Crippen molar-refractivity contribution in [1.29, 1.82) is 0 Å². The van der Waals surface area contributed by atoms with E-state index < -0.39 is 0 Å². The van der Waals surface area contributed by atoms with Gasteiger partial charge in [-0.1, -0.05) is 115 Å². The summed E-state index contributed by atoms with van der Waals surface area (Å²) >= 11 is 0. The van der Waals surface area contributed by atoms with Crippen molar-refractivity contribution >= 4 is 43.8 Å². The van der Waals surface area contributed by atoms with E-state index in [0.717, 1.165) is 71.6 Å². The molecule has 6 heteroatoms. The summed E-state index contributed by atoms with van der Waals surface area (Å²) in [6, 6.07) is 53.2. The summed E-state index contributed by atoms with van der Waals surface area (Å²) in [7, 11) is 0. The lowest BCUT2D eigenvalue weighted by Crippen LogP contribution is -2.00. The summed E-state index contributed by atoms with van der Waals surface area (Å²) in [5.74, 6) is 2.47. The Labute approximate surface area is 286 Å². The standard InChI is InChI=1S/C44H26N4O2/c1-4-11-28(12-5-1)41-46-42(29-13-6-2-7-14-29)48-43(47-41)33-18-10-17-31(25-33)32-20-19-27-21-23-36-38(35(27)26-32)34-22-24-37-39(40(34)49-36)45-44(50-37)30-15-8-3-9-16-30/h1-26H. The molecule has 3 heterocycles. The largest absolute Gasteiger partial charge is 0.454 e. The van der Waals surface area contributed by atoms with Gasteiger partial charge in [-0.05, 0) is 64.4 Å². The molecule has 10 aromatic rings. The number of oxazole rings is 1. The predicted octanol–water partition coefficient (Wildman–Crippen LogP) is 11.4. The van der Waals surface area contributed by atoms with Crippen molar-refractivity contribution in [1.82, 2.24) is 19.9 Å². The van der Waals surface area contributed by atoms with Gasteiger partial charge < -0.3 is 8.83 Å². The summed E-state index contributed by atoms with van der Waals surface area (Å²) in [5, 5.41) is 4.29. The maximum atomic E-state index is 6.50. The SMILES string of the molecule is c1ccc(-c2nc(-c3ccccc3)nc(-c3cccc(-c4ccc5ccc6oc7c(ccc8oc(-c9ccccc9)nc87)c6c5c4)c3)n2)cc1. The van der Waals surface area contributed by atoms with Crippen molar-refractivity contribution in [2.24, 2.45) is 0 Å². The maximum absolute atomic E-state index is 6.50. The van der Waals surface area contributed by atoms with Gasteiger partial charge in [-0.2, -0.15) is 0 Å². The average Bonchev–Trinajstić information content (AvgIpc) is 3.81. The molecule has 7 aromatic carbocycles. The molecule has 0 bridgehead atoms. The quantitative estimate of drug-likeness (QED) is 0.186. The molecule has 50 heavy (non-hydrogen) atoms. The Balaban J connectivity index is 1.10. The van der Waals surface area contributed by atoms with Gasteiger partial charge in [0.25, 0.3) is 0 Å². The highest BCUT2D eigenvalue weighted by molar-refractivity contribution is 6.22. The molecule has 0 aliphatic carbocycles. The Hall–Kier alpha value is -6.92. The minimum Gasteiger partial charge on any atom is -0.454 e. The fourth-order valence-electron chi connectivity index (χ4n) is 6.70. The molecule has 3 aromatic heterocycles.